The van der Waals surface area contributed by atoms with Crippen LogP contribution in [0.4, 0.5) is 0 Å². The lowest BCUT2D eigenvalue weighted by Crippen LogP contribution is -2.26. The predicted molar refractivity (Wildman–Crippen MR) is 62.8 cm³/mol. The highest BCUT2D eigenvalue weighted by Gasteiger charge is 2.18. The molecule has 16 heavy (non-hydrogen) atoms. The van der Waals surface area contributed by atoms with E-state index < -0.39 is 0 Å². The molecule has 0 spiro atoms. The largest absolute Gasteiger partial charge is 0.366 e. The van der Waals surface area contributed by atoms with E-state index in [9.17, 15) is 4.79 Å². The first kappa shape index (κ1) is 11.1. The van der Waals surface area contributed by atoms with Crippen molar-refractivity contribution in [1.82, 2.24) is 4.90 Å². The fourth-order valence-electron chi connectivity index (χ4n) is 2.04. The maximum absolute atomic E-state index is 10.9. The van der Waals surface area contributed by atoms with Crippen molar-refractivity contribution in [3.8, 4) is 0 Å². The van der Waals surface area contributed by atoms with Crippen molar-refractivity contribution in [3.05, 3.63) is 35.4 Å². The van der Waals surface area contributed by atoms with Crippen molar-refractivity contribution in [3.63, 3.8) is 0 Å². The van der Waals surface area contributed by atoms with Crippen LogP contribution in [0.25, 0.3) is 0 Å². The summed E-state index contributed by atoms with van der Waals surface area (Å²) in [6.45, 7) is 2.91. The van der Waals surface area contributed by atoms with E-state index in [1.165, 1.54) is 5.56 Å². The molecule has 0 aliphatic carbocycles. The van der Waals surface area contributed by atoms with Gasteiger partial charge >= 0.3 is 0 Å². The second-order valence-corrected chi connectivity index (χ2v) is 4.35. The number of likely N-dealkylation sites (tertiary alicyclic amines) is 1. The number of carbonyl (C=O) groups excluding carboxylic acids is 1. The minimum absolute atomic E-state index is 0.310. The predicted octanol–water partition coefficient (Wildman–Crippen LogP) is 0.319. The molecule has 1 aliphatic heterocycles. The fraction of sp³-hybridized carbons (Fsp3) is 0.417. The molecule has 4 nitrogen and oxygen atoms in total. The Balaban J connectivity index is 1.97. The fourth-order valence-corrected chi connectivity index (χ4v) is 2.04. The topological polar surface area (TPSA) is 72.4 Å². The van der Waals surface area contributed by atoms with E-state index in [-0.39, 0.29) is 5.91 Å². The number of primary amides is 1. The van der Waals surface area contributed by atoms with Gasteiger partial charge < -0.3 is 11.5 Å². The van der Waals surface area contributed by atoms with Crippen molar-refractivity contribution in [2.75, 3.05) is 13.1 Å². The summed E-state index contributed by atoms with van der Waals surface area (Å²) in [5.74, 6) is -0.380. The first-order valence-electron chi connectivity index (χ1n) is 5.52. The molecule has 2 rings (SSSR count). The summed E-state index contributed by atoms with van der Waals surface area (Å²) in [6, 6.07) is 7.75. The SMILES string of the molecule is NC(=O)c1ccc(CN2CC[C@H](N)C2)cc1. The molecule has 0 radical (unpaired) electrons. The Morgan fingerprint density at radius 1 is 1.38 bits per heavy atom. The van der Waals surface area contributed by atoms with Gasteiger partial charge in [-0.1, -0.05) is 12.1 Å². The number of nitrogens with two attached hydrogens (primary N) is 2. The van der Waals surface area contributed by atoms with Crippen molar-refractivity contribution in [2.24, 2.45) is 11.5 Å². The van der Waals surface area contributed by atoms with Crippen LogP contribution >= 0.6 is 0 Å². The molecule has 0 bridgehead atoms. The highest BCUT2D eigenvalue weighted by molar-refractivity contribution is 5.92. The van der Waals surface area contributed by atoms with E-state index in [1.54, 1.807) is 12.1 Å². The number of hydrogen-bond acceptors (Lipinski definition) is 3. The smallest absolute Gasteiger partial charge is 0.248 e. The molecule has 86 valence electrons. The number of nitrogens with zero attached hydrogens (tertiary/aromatic N) is 1. The molecule has 1 aromatic rings. The van der Waals surface area contributed by atoms with Crippen molar-refractivity contribution < 1.29 is 4.79 Å². The molecule has 1 aromatic carbocycles. The van der Waals surface area contributed by atoms with Crippen LogP contribution in [0.5, 0.6) is 0 Å². The van der Waals surface area contributed by atoms with E-state index in [0.717, 1.165) is 26.1 Å². The third kappa shape index (κ3) is 2.59. The number of amides is 1. The Labute approximate surface area is 95.2 Å². The molecule has 0 aromatic heterocycles. The Morgan fingerprint density at radius 3 is 2.56 bits per heavy atom. The number of hydrogen-bond donors (Lipinski definition) is 2. The van der Waals surface area contributed by atoms with Gasteiger partial charge in [0, 0.05) is 31.2 Å². The average molecular weight is 219 g/mol. The Kier molecular flexibility index (Phi) is 3.22. The van der Waals surface area contributed by atoms with Gasteiger partial charge in [-0.15, -0.1) is 0 Å². The van der Waals surface area contributed by atoms with E-state index in [2.05, 4.69) is 4.90 Å². The summed E-state index contributed by atoms with van der Waals surface area (Å²) in [5.41, 5.74) is 12.8. The van der Waals surface area contributed by atoms with Crippen molar-refractivity contribution >= 4 is 5.91 Å². The first-order chi connectivity index (χ1) is 7.65. The molecule has 4 heteroatoms. The van der Waals surface area contributed by atoms with E-state index in [4.69, 9.17) is 11.5 Å². The normalized spacial score (nSPS) is 21.2. The van der Waals surface area contributed by atoms with Gasteiger partial charge in [0.2, 0.25) is 5.91 Å². The second-order valence-electron chi connectivity index (χ2n) is 4.35. The standard InChI is InChI=1S/C12H17N3O/c13-11-5-6-15(8-11)7-9-1-3-10(4-2-9)12(14)16/h1-4,11H,5-8,13H2,(H2,14,16)/t11-/m0/s1. The van der Waals surface area contributed by atoms with Crippen molar-refractivity contribution in [2.45, 2.75) is 19.0 Å². The van der Waals surface area contributed by atoms with Crippen LogP contribution in [0, 0.1) is 0 Å². The third-order valence-electron chi connectivity index (χ3n) is 2.95. The lowest BCUT2D eigenvalue weighted by Gasteiger charge is -2.15. The molecule has 1 atom stereocenters. The second kappa shape index (κ2) is 4.63. The summed E-state index contributed by atoms with van der Waals surface area (Å²) in [5, 5.41) is 0. The van der Waals surface area contributed by atoms with Gasteiger partial charge in [-0.2, -0.15) is 0 Å². The summed E-state index contributed by atoms with van der Waals surface area (Å²) in [4.78, 5) is 13.2. The minimum atomic E-state index is -0.380. The molecule has 1 amide bonds. The van der Waals surface area contributed by atoms with Gasteiger partial charge in [-0.05, 0) is 24.1 Å². The van der Waals surface area contributed by atoms with Crippen LogP contribution < -0.4 is 11.5 Å². The minimum Gasteiger partial charge on any atom is -0.366 e. The van der Waals surface area contributed by atoms with Crippen LogP contribution in [-0.2, 0) is 6.54 Å². The molecule has 1 fully saturated rings. The van der Waals surface area contributed by atoms with Gasteiger partial charge in [0.25, 0.3) is 0 Å². The number of rotatable bonds is 3. The Hall–Kier alpha value is -1.39. The van der Waals surface area contributed by atoms with E-state index in [0.29, 0.717) is 11.6 Å². The summed E-state index contributed by atoms with van der Waals surface area (Å²) >= 11 is 0. The lowest BCUT2D eigenvalue weighted by atomic mass is 10.1. The lowest BCUT2D eigenvalue weighted by molar-refractivity contribution is 0.100. The first-order valence-corrected chi connectivity index (χ1v) is 5.52. The van der Waals surface area contributed by atoms with Gasteiger partial charge in [0.05, 0.1) is 0 Å². The zero-order valence-electron chi connectivity index (χ0n) is 9.23. The molecule has 4 N–H and O–H groups in total. The van der Waals surface area contributed by atoms with Gasteiger partial charge in [-0.25, -0.2) is 0 Å². The Morgan fingerprint density at radius 2 is 2.06 bits per heavy atom. The molecule has 1 aliphatic rings. The molecular formula is C12H17N3O. The third-order valence-corrected chi connectivity index (χ3v) is 2.95. The van der Waals surface area contributed by atoms with Crippen LogP contribution in [0.2, 0.25) is 0 Å². The zero-order valence-corrected chi connectivity index (χ0v) is 9.23. The quantitative estimate of drug-likeness (QED) is 0.769. The summed E-state index contributed by atoms with van der Waals surface area (Å²) in [6.07, 6.45) is 1.07. The van der Waals surface area contributed by atoms with Crippen LogP contribution in [0.1, 0.15) is 22.3 Å². The number of benzene rings is 1. The van der Waals surface area contributed by atoms with Gasteiger partial charge in [0.1, 0.15) is 0 Å². The monoisotopic (exact) mass is 219 g/mol. The van der Waals surface area contributed by atoms with Gasteiger partial charge in [-0.3, -0.25) is 9.69 Å². The van der Waals surface area contributed by atoms with E-state index >= 15 is 0 Å². The zero-order chi connectivity index (χ0) is 11.5. The summed E-state index contributed by atoms with van der Waals surface area (Å²) in [7, 11) is 0. The summed E-state index contributed by atoms with van der Waals surface area (Å²) < 4.78 is 0. The van der Waals surface area contributed by atoms with Crippen molar-refractivity contribution in [1.29, 1.82) is 0 Å². The molecule has 0 unspecified atom stereocenters. The maximum Gasteiger partial charge on any atom is 0.248 e. The highest BCUT2D eigenvalue weighted by atomic mass is 16.1. The molecule has 0 saturated carbocycles. The van der Waals surface area contributed by atoms with Gasteiger partial charge in [0.15, 0.2) is 0 Å². The highest BCUT2D eigenvalue weighted by Crippen LogP contribution is 2.12. The Bertz CT molecular complexity index is 374. The molecular weight excluding hydrogens is 202 g/mol. The van der Waals surface area contributed by atoms with E-state index in [1.807, 2.05) is 12.1 Å². The average Bonchev–Trinajstić information content (AvgIpc) is 2.65. The maximum atomic E-state index is 10.9. The van der Waals surface area contributed by atoms with Crippen LogP contribution in [-0.4, -0.2) is 29.9 Å². The van der Waals surface area contributed by atoms with Crippen LogP contribution in [0.3, 0.4) is 0 Å². The molecule has 1 heterocycles. The van der Waals surface area contributed by atoms with Crippen LogP contribution in [0.15, 0.2) is 24.3 Å². The number of carbonyl (C=O) groups is 1. The molecule has 1 saturated heterocycles.